The van der Waals surface area contributed by atoms with Crippen LogP contribution < -0.4 is 10.6 Å². The summed E-state index contributed by atoms with van der Waals surface area (Å²) in [4.78, 5) is 6.30. The van der Waals surface area contributed by atoms with Gasteiger partial charge in [0.05, 0.1) is 11.1 Å². The van der Waals surface area contributed by atoms with Crippen LogP contribution in [0.2, 0.25) is 5.02 Å². The van der Waals surface area contributed by atoms with Crippen molar-refractivity contribution in [2.24, 2.45) is 11.7 Å². The predicted octanol–water partition coefficient (Wildman–Crippen LogP) is 1.23. The van der Waals surface area contributed by atoms with Gasteiger partial charge in [0.15, 0.2) is 0 Å². The lowest BCUT2D eigenvalue weighted by molar-refractivity contribution is 0.0969. The first-order valence-corrected chi connectivity index (χ1v) is 6.30. The first kappa shape index (κ1) is 13.1. The number of aromatic nitrogens is 1. The maximum Gasteiger partial charge on any atom is 0.148 e. The minimum Gasteiger partial charge on any atom is -0.393 e. The van der Waals surface area contributed by atoms with Crippen LogP contribution in [-0.4, -0.2) is 35.1 Å². The lowest BCUT2D eigenvalue weighted by Crippen LogP contribution is -2.42. The molecule has 1 aliphatic heterocycles. The van der Waals surface area contributed by atoms with Crippen LogP contribution in [0, 0.1) is 11.3 Å². The Bertz CT molecular complexity index is 465. The molecular weight excluding hydrogens is 252 g/mol. The highest BCUT2D eigenvalue weighted by molar-refractivity contribution is 6.36. The quantitative estimate of drug-likeness (QED) is 0.556. The Kier molecular flexibility index (Phi) is 3.73. The second-order valence-electron chi connectivity index (χ2n) is 4.69. The summed E-state index contributed by atoms with van der Waals surface area (Å²) in [6.45, 7) is 3.41. The Balaban J connectivity index is 2.29. The van der Waals surface area contributed by atoms with Gasteiger partial charge in [0.2, 0.25) is 0 Å². The smallest absolute Gasteiger partial charge is 0.148 e. The van der Waals surface area contributed by atoms with Crippen molar-refractivity contribution in [3.63, 3.8) is 0 Å². The van der Waals surface area contributed by atoms with E-state index in [2.05, 4.69) is 4.98 Å². The molecule has 2 unspecified atom stereocenters. The number of hydrogen-bond acceptors (Lipinski definition) is 4. The monoisotopic (exact) mass is 268 g/mol. The Hall–Kier alpha value is -1.33. The summed E-state index contributed by atoms with van der Waals surface area (Å²) in [5.41, 5.74) is 5.98. The zero-order valence-corrected chi connectivity index (χ0v) is 11.0. The summed E-state index contributed by atoms with van der Waals surface area (Å²) in [7, 11) is 0. The largest absolute Gasteiger partial charge is 0.393 e. The number of nitrogen functional groups attached to an aromatic ring is 1. The fourth-order valence-corrected chi connectivity index (χ4v) is 2.52. The normalized spacial score (nSPS) is 24.1. The fraction of sp³-hybridized carbons (Fsp3) is 0.500. The predicted molar refractivity (Wildman–Crippen MR) is 72.3 cm³/mol. The van der Waals surface area contributed by atoms with Crippen molar-refractivity contribution < 1.29 is 5.11 Å². The van der Waals surface area contributed by atoms with Gasteiger partial charge in [0.25, 0.3) is 0 Å². The van der Waals surface area contributed by atoms with E-state index in [1.54, 1.807) is 12.3 Å². The van der Waals surface area contributed by atoms with Crippen molar-refractivity contribution in [2.75, 3.05) is 18.0 Å². The SMILES string of the molecule is CC1CN(c2nccc(C(=N)N)c2Cl)CCC1O. The number of anilines is 1. The number of nitrogens with zero attached hydrogens (tertiary/aromatic N) is 2. The van der Waals surface area contributed by atoms with Gasteiger partial charge in [0, 0.05) is 24.8 Å². The van der Waals surface area contributed by atoms with Gasteiger partial charge < -0.3 is 15.7 Å². The van der Waals surface area contributed by atoms with E-state index in [4.69, 9.17) is 22.7 Å². The summed E-state index contributed by atoms with van der Waals surface area (Å²) in [6, 6.07) is 1.64. The van der Waals surface area contributed by atoms with Crippen molar-refractivity contribution in [3.8, 4) is 0 Å². The third-order valence-electron chi connectivity index (χ3n) is 3.32. The van der Waals surface area contributed by atoms with E-state index in [9.17, 15) is 5.11 Å². The molecule has 0 aromatic carbocycles. The van der Waals surface area contributed by atoms with Gasteiger partial charge >= 0.3 is 0 Å². The van der Waals surface area contributed by atoms with Gasteiger partial charge in [-0.05, 0) is 18.4 Å². The maximum atomic E-state index is 9.72. The number of rotatable bonds is 2. The van der Waals surface area contributed by atoms with Crippen LogP contribution >= 0.6 is 11.6 Å². The first-order valence-electron chi connectivity index (χ1n) is 5.92. The Labute approximate surface area is 111 Å². The average molecular weight is 269 g/mol. The van der Waals surface area contributed by atoms with E-state index in [1.807, 2.05) is 11.8 Å². The molecule has 5 nitrogen and oxygen atoms in total. The molecule has 98 valence electrons. The lowest BCUT2D eigenvalue weighted by Gasteiger charge is -2.35. The number of hydrogen-bond donors (Lipinski definition) is 3. The highest BCUT2D eigenvalue weighted by atomic mass is 35.5. The molecular formula is C12H17ClN4O. The first-order chi connectivity index (χ1) is 8.50. The number of aliphatic hydroxyl groups is 1. The van der Waals surface area contributed by atoms with Crippen LogP contribution in [0.25, 0.3) is 0 Å². The summed E-state index contributed by atoms with van der Waals surface area (Å²) in [5, 5.41) is 17.6. The number of piperidine rings is 1. The zero-order valence-electron chi connectivity index (χ0n) is 10.2. The summed E-state index contributed by atoms with van der Waals surface area (Å²) in [6.07, 6.45) is 2.04. The van der Waals surface area contributed by atoms with Crippen LogP contribution in [0.1, 0.15) is 18.9 Å². The summed E-state index contributed by atoms with van der Waals surface area (Å²) in [5.74, 6) is 0.759. The van der Waals surface area contributed by atoms with Gasteiger partial charge in [-0.3, -0.25) is 5.41 Å². The molecule has 6 heteroatoms. The van der Waals surface area contributed by atoms with Crippen LogP contribution in [0.3, 0.4) is 0 Å². The van der Waals surface area contributed by atoms with Gasteiger partial charge in [-0.15, -0.1) is 0 Å². The minimum atomic E-state index is -0.268. The van der Waals surface area contributed by atoms with Gasteiger partial charge in [0.1, 0.15) is 11.7 Å². The van der Waals surface area contributed by atoms with E-state index >= 15 is 0 Å². The molecule has 0 bridgehead atoms. The number of pyridine rings is 1. The lowest BCUT2D eigenvalue weighted by atomic mass is 9.97. The Morgan fingerprint density at radius 2 is 2.39 bits per heavy atom. The zero-order chi connectivity index (χ0) is 13.3. The fourth-order valence-electron chi connectivity index (χ4n) is 2.19. The number of nitrogens with one attached hydrogen (secondary N) is 1. The number of amidine groups is 1. The summed E-state index contributed by atoms with van der Waals surface area (Å²) >= 11 is 6.23. The number of halogens is 1. The van der Waals surface area contributed by atoms with E-state index in [1.165, 1.54) is 0 Å². The van der Waals surface area contributed by atoms with Gasteiger partial charge in [-0.25, -0.2) is 4.98 Å². The molecule has 0 aliphatic carbocycles. The van der Waals surface area contributed by atoms with Gasteiger partial charge in [-0.2, -0.15) is 0 Å². The number of nitrogens with two attached hydrogens (primary N) is 1. The van der Waals surface area contributed by atoms with Crippen LogP contribution in [0.4, 0.5) is 5.82 Å². The van der Waals surface area contributed by atoms with Crippen LogP contribution in [0.15, 0.2) is 12.3 Å². The van der Waals surface area contributed by atoms with Crippen molar-refractivity contribution in [1.29, 1.82) is 5.41 Å². The van der Waals surface area contributed by atoms with E-state index in [0.717, 1.165) is 0 Å². The van der Waals surface area contributed by atoms with E-state index < -0.39 is 0 Å². The molecule has 2 heterocycles. The van der Waals surface area contributed by atoms with Crippen molar-refractivity contribution in [3.05, 3.63) is 22.8 Å². The van der Waals surface area contributed by atoms with Crippen LogP contribution in [-0.2, 0) is 0 Å². The molecule has 18 heavy (non-hydrogen) atoms. The van der Waals surface area contributed by atoms with E-state index in [0.29, 0.717) is 35.9 Å². The molecule has 1 aromatic heterocycles. The van der Waals surface area contributed by atoms with Crippen molar-refractivity contribution in [2.45, 2.75) is 19.4 Å². The minimum absolute atomic E-state index is 0.0613. The van der Waals surface area contributed by atoms with Gasteiger partial charge in [-0.1, -0.05) is 18.5 Å². The Morgan fingerprint density at radius 1 is 1.67 bits per heavy atom. The van der Waals surface area contributed by atoms with Crippen LogP contribution in [0.5, 0.6) is 0 Å². The highest BCUT2D eigenvalue weighted by Crippen LogP contribution is 2.30. The topological polar surface area (TPSA) is 86.2 Å². The molecule has 4 N–H and O–H groups in total. The second kappa shape index (κ2) is 5.12. The molecule has 0 amide bonds. The molecule has 1 aromatic rings. The molecule has 1 fully saturated rings. The average Bonchev–Trinajstić information content (AvgIpc) is 2.33. The molecule has 2 rings (SSSR count). The maximum absolute atomic E-state index is 9.72. The van der Waals surface area contributed by atoms with Crippen molar-refractivity contribution >= 4 is 23.3 Å². The molecule has 2 atom stereocenters. The second-order valence-corrected chi connectivity index (χ2v) is 5.07. The third kappa shape index (κ3) is 2.42. The van der Waals surface area contributed by atoms with E-state index in [-0.39, 0.29) is 17.9 Å². The van der Waals surface area contributed by atoms with Crippen molar-refractivity contribution in [1.82, 2.24) is 4.98 Å². The summed E-state index contributed by atoms with van der Waals surface area (Å²) < 4.78 is 0. The Morgan fingerprint density at radius 3 is 3.00 bits per heavy atom. The molecule has 1 aliphatic rings. The standard InChI is InChI=1S/C12H17ClN4O/c1-7-6-17(5-3-9(7)18)12-10(13)8(11(14)15)2-4-16-12/h2,4,7,9,18H,3,5-6H2,1H3,(H3,14,15). The molecule has 0 radical (unpaired) electrons. The highest BCUT2D eigenvalue weighted by Gasteiger charge is 2.26. The molecule has 0 spiro atoms. The third-order valence-corrected chi connectivity index (χ3v) is 3.69. The molecule has 1 saturated heterocycles. The molecule has 0 saturated carbocycles. The number of aliphatic hydroxyl groups excluding tert-OH is 1.